The highest BCUT2D eigenvalue weighted by atomic mass is 28.3. The van der Waals surface area contributed by atoms with Gasteiger partial charge in [-0.2, -0.15) is 0 Å². The monoisotopic (exact) mass is 276 g/mol. The topological polar surface area (TPSA) is 56.8 Å². The number of rotatable bonds is 10. The Balaban J connectivity index is 4.02. The minimum atomic E-state index is -1.24. The molecule has 0 fully saturated rings. The first-order valence-corrected chi connectivity index (χ1v) is 8.11. The maximum absolute atomic E-state index is 11.1. The Morgan fingerprint density at radius 1 is 1.11 bits per heavy atom. The molecule has 0 aromatic carbocycles. The van der Waals surface area contributed by atoms with Gasteiger partial charge in [0, 0.05) is 25.3 Å². The Hall–Kier alpha value is -0.593. The van der Waals surface area contributed by atoms with E-state index in [1.807, 2.05) is 13.8 Å². The third-order valence-corrected chi connectivity index (χ3v) is 4.95. The van der Waals surface area contributed by atoms with Gasteiger partial charge in [-0.15, -0.1) is 0 Å². The zero-order chi connectivity index (χ0) is 13.8. The molecule has 1 unspecified atom stereocenters. The van der Waals surface area contributed by atoms with Crippen LogP contribution in [0, 0.1) is 0 Å². The Kier molecular flexibility index (Phi) is 11.1. The highest BCUT2D eigenvalue weighted by Crippen LogP contribution is 2.20. The first-order valence-electron chi connectivity index (χ1n) is 6.72. The number of carbonyl (C=O) groups excluding carboxylic acids is 1. The Bertz CT molecular complexity index is 210. The number of hydrogen-bond donors (Lipinski definition) is 1. The molecule has 107 valence electrons. The molecule has 0 heterocycles. The summed E-state index contributed by atoms with van der Waals surface area (Å²) >= 11 is 0. The van der Waals surface area contributed by atoms with Gasteiger partial charge in [0.15, 0.2) is 0 Å². The van der Waals surface area contributed by atoms with Gasteiger partial charge in [0.25, 0.3) is 0 Å². The van der Waals surface area contributed by atoms with Crippen molar-refractivity contribution < 1.29 is 18.4 Å². The number of alkyl carbamates (subject to hydrolysis) is 1. The van der Waals surface area contributed by atoms with Crippen LogP contribution in [-0.4, -0.2) is 41.7 Å². The van der Waals surface area contributed by atoms with Crippen LogP contribution in [0.5, 0.6) is 0 Å². The van der Waals surface area contributed by atoms with Crippen LogP contribution < -0.4 is 5.32 Å². The molecule has 0 rings (SSSR count). The third kappa shape index (κ3) is 7.68. The summed E-state index contributed by atoms with van der Waals surface area (Å²) in [6.45, 7) is 10.2. The van der Waals surface area contributed by atoms with Crippen molar-refractivity contribution in [1.82, 2.24) is 5.32 Å². The Morgan fingerprint density at radius 2 is 1.72 bits per heavy atom. The number of carbonyl (C=O) groups is 1. The van der Waals surface area contributed by atoms with Gasteiger partial charge < -0.3 is 18.9 Å². The molecule has 1 amide bonds. The smallest absolute Gasteiger partial charge is 0.407 e. The largest absolute Gasteiger partial charge is 0.450 e. The summed E-state index contributed by atoms with van der Waals surface area (Å²) in [5, 5.41) is 2.73. The van der Waals surface area contributed by atoms with Gasteiger partial charge in [-0.05, 0) is 27.2 Å². The van der Waals surface area contributed by atoms with Crippen molar-refractivity contribution in [2.45, 2.75) is 46.1 Å². The SMILES string of the molecule is CCOC(=O)NCCC(CC)[Si](OCC)OCC. The molecule has 5 nitrogen and oxygen atoms in total. The van der Waals surface area contributed by atoms with Crippen LogP contribution in [0.15, 0.2) is 0 Å². The number of ether oxygens (including phenoxy) is 1. The highest BCUT2D eigenvalue weighted by molar-refractivity contribution is 6.46. The lowest BCUT2D eigenvalue weighted by atomic mass is 10.2. The van der Waals surface area contributed by atoms with Gasteiger partial charge in [-0.25, -0.2) is 4.79 Å². The summed E-state index contributed by atoms with van der Waals surface area (Å²) in [5.74, 6) is 0. The quantitative estimate of drug-likeness (QED) is 0.623. The van der Waals surface area contributed by atoms with Crippen LogP contribution in [-0.2, 0) is 13.6 Å². The molecule has 0 bridgehead atoms. The van der Waals surface area contributed by atoms with Crippen LogP contribution in [0.2, 0.25) is 5.54 Å². The van der Waals surface area contributed by atoms with Gasteiger partial charge in [0.05, 0.1) is 6.61 Å². The van der Waals surface area contributed by atoms with Crippen molar-refractivity contribution in [3.63, 3.8) is 0 Å². The van der Waals surface area contributed by atoms with E-state index in [2.05, 4.69) is 12.2 Å². The fourth-order valence-corrected chi connectivity index (χ4v) is 3.42. The van der Waals surface area contributed by atoms with E-state index in [1.54, 1.807) is 6.92 Å². The predicted octanol–water partition coefficient (Wildman–Crippen LogP) is 2.46. The molecular weight excluding hydrogens is 250 g/mol. The molecular formula is C12H26NO4Si. The molecule has 0 saturated carbocycles. The normalized spacial score (nSPS) is 12.5. The van der Waals surface area contributed by atoms with Crippen molar-refractivity contribution in [2.24, 2.45) is 0 Å². The summed E-state index contributed by atoms with van der Waals surface area (Å²) < 4.78 is 16.2. The van der Waals surface area contributed by atoms with Crippen LogP contribution in [0.25, 0.3) is 0 Å². The minimum Gasteiger partial charge on any atom is -0.450 e. The Labute approximate surface area is 112 Å². The summed E-state index contributed by atoms with van der Waals surface area (Å²) in [4.78, 5) is 11.1. The van der Waals surface area contributed by atoms with E-state index >= 15 is 0 Å². The van der Waals surface area contributed by atoms with Crippen molar-refractivity contribution in [3.05, 3.63) is 0 Å². The van der Waals surface area contributed by atoms with E-state index in [4.69, 9.17) is 13.6 Å². The maximum atomic E-state index is 11.1. The summed E-state index contributed by atoms with van der Waals surface area (Å²) in [5.41, 5.74) is 0.386. The van der Waals surface area contributed by atoms with Gasteiger partial charge in [0.2, 0.25) is 0 Å². The fourth-order valence-electron chi connectivity index (χ4n) is 1.58. The summed E-state index contributed by atoms with van der Waals surface area (Å²) in [7, 11) is -1.24. The minimum absolute atomic E-state index is 0.353. The fraction of sp³-hybridized carbons (Fsp3) is 0.917. The van der Waals surface area contributed by atoms with Crippen molar-refractivity contribution in [3.8, 4) is 0 Å². The standard InChI is InChI=1S/C12H26NO4Si/c1-5-11(18(16-7-3)17-8-4)9-10-13-12(14)15-6-2/h11H,5-10H2,1-4H3,(H,13,14). The highest BCUT2D eigenvalue weighted by Gasteiger charge is 2.26. The van der Waals surface area contributed by atoms with E-state index in [1.165, 1.54) is 0 Å². The lowest BCUT2D eigenvalue weighted by molar-refractivity contribution is 0.151. The molecule has 1 radical (unpaired) electrons. The lowest BCUT2D eigenvalue weighted by Gasteiger charge is -2.22. The molecule has 0 saturated heterocycles. The van der Waals surface area contributed by atoms with Crippen molar-refractivity contribution in [1.29, 1.82) is 0 Å². The third-order valence-electron chi connectivity index (χ3n) is 2.44. The average Bonchev–Trinajstić information content (AvgIpc) is 2.35. The first kappa shape index (κ1) is 17.4. The second-order valence-corrected chi connectivity index (χ2v) is 5.76. The molecule has 6 heteroatoms. The lowest BCUT2D eigenvalue weighted by Crippen LogP contribution is -2.32. The molecule has 0 aliphatic heterocycles. The van der Waals surface area contributed by atoms with Crippen LogP contribution in [0.1, 0.15) is 40.5 Å². The van der Waals surface area contributed by atoms with Gasteiger partial charge >= 0.3 is 15.4 Å². The zero-order valence-corrected chi connectivity index (χ0v) is 13.0. The second-order valence-electron chi connectivity index (χ2n) is 3.73. The number of amides is 1. The molecule has 0 spiro atoms. The van der Waals surface area contributed by atoms with Crippen LogP contribution in [0.4, 0.5) is 4.79 Å². The summed E-state index contributed by atoms with van der Waals surface area (Å²) in [6, 6.07) is 0. The molecule has 0 aliphatic carbocycles. The summed E-state index contributed by atoms with van der Waals surface area (Å²) in [6.07, 6.45) is 1.51. The van der Waals surface area contributed by atoms with Crippen LogP contribution in [0.3, 0.4) is 0 Å². The number of hydrogen-bond acceptors (Lipinski definition) is 4. The molecule has 0 aromatic heterocycles. The Morgan fingerprint density at radius 3 is 2.17 bits per heavy atom. The van der Waals surface area contributed by atoms with Gasteiger partial charge in [-0.3, -0.25) is 0 Å². The molecule has 18 heavy (non-hydrogen) atoms. The van der Waals surface area contributed by atoms with Crippen molar-refractivity contribution in [2.75, 3.05) is 26.4 Å². The molecule has 1 atom stereocenters. The second kappa shape index (κ2) is 11.5. The van der Waals surface area contributed by atoms with Gasteiger partial charge in [-0.1, -0.05) is 13.3 Å². The van der Waals surface area contributed by atoms with E-state index in [0.29, 0.717) is 31.9 Å². The van der Waals surface area contributed by atoms with E-state index in [0.717, 1.165) is 12.8 Å². The average molecular weight is 276 g/mol. The predicted molar refractivity (Wildman–Crippen MR) is 72.7 cm³/mol. The van der Waals surface area contributed by atoms with Gasteiger partial charge in [0.1, 0.15) is 0 Å². The first-order chi connectivity index (χ1) is 8.69. The molecule has 0 aromatic rings. The zero-order valence-electron chi connectivity index (χ0n) is 12.0. The number of nitrogens with one attached hydrogen (secondary N) is 1. The maximum Gasteiger partial charge on any atom is 0.407 e. The van der Waals surface area contributed by atoms with E-state index in [-0.39, 0.29) is 6.09 Å². The van der Waals surface area contributed by atoms with Crippen LogP contribution >= 0.6 is 0 Å². The molecule has 0 aliphatic rings. The van der Waals surface area contributed by atoms with Crippen molar-refractivity contribution >= 4 is 15.4 Å². The molecule has 1 N–H and O–H groups in total. The van der Waals surface area contributed by atoms with E-state index < -0.39 is 9.28 Å². The van der Waals surface area contributed by atoms with E-state index in [9.17, 15) is 4.79 Å².